The van der Waals surface area contributed by atoms with Crippen LogP contribution in [0.25, 0.3) is 17.8 Å². The lowest BCUT2D eigenvalue weighted by Gasteiger charge is -2.15. The lowest BCUT2D eigenvalue weighted by molar-refractivity contribution is 0.0711. The van der Waals surface area contributed by atoms with Gasteiger partial charge < -0.3 is 14.8 Å². The molecule has 1 amide bonds. The van der Waals surface area contributed by atoms with Crippen LogP contribution < -0.4 is 5.32 Å². The number of amides is 1. The first kappa shape index (κ1) is 22.4. The van der Waals surface area contributed by atoms with Crippen molar-refractivity contribution in [2.45, 2.75) is 39.2 Å². The average molecular weight is 441 g/mol. The predicted molar refractivity (Wildman–Crippen MR) is 132 cm³/mol. The highest BCUT2D eigenvalue weighted by molar-refractivity contribution is 6.04. The van der Waals surface area contributed by atoms with Crippen molar-refractivity contribution in [2.75, 3.05) is 5.32 Å². The molecule has 168 valence electrons. The van der Waals surface area contributed by atoms with Crippen LogP contribution in [0.3, 0.4) is 0 Å². The van der Waals surface area contributed by atoms with Gasteiger partial charge in [0.25, 0.3) is 5.91 Å². The van der Waals surface area contributed by atoms with E-state index in [4.69, 9.17) is 0 Å². The van der Waals surface area contributed by atoms with E-state index < -0.39 is 5.60 Å². The smallest absolute Gasteiger partial charge is 0.255 e. The van der Waals surface area contributed by atoms with Crippen molar-refractivity contribution in [1.82, 2.24) is 14.4 Å². The molecule has 0 saturated carbocycles. The van der Waals surface area contributed by atoms with E-state index in [1.54, 1.807) is 20.0 Å². The Bertz CT molecular complexity index is 1280. The van der Waals surface area contributed by atoms with Crippen LogP contribution in [0.5, 0.6) is 0 Å². The number of benzene rings is 1. The molecular formula is C27H28N4O2. The Morgan fingerprint density at radius 3 is 2.58 bits per heavy atom. The molecule has 0 saturated heterocycles. The molecular weight excluding hydrogens is 412 g/mol. The molecule has 0 atom stereocenters. The number of hydrogen-bond donors (Lipinski definition) is 2. The molecule has 0 aliphatic carbocycles. The van der Waals surface area contributed by atoms with Gasteiger partial charge in [0.05, 0.1) is 22.7 Å². The second-order valence-electron chi connectivity index (χ2n) is 8.77. The van der Waals surface area contributed by atoms with Crippen LogP contribution in [-0.4, -0.2) is 31.0 Å². The molecule has 3 aromatic heterocycles. The maximum absolute atomic E-state index is 12.8. The Morgan fingerprint density at radius 2 is 1.88 bits per heavy atom. The molecule has 3 heterocycles. The van der Waals surface area contributed by atoms with Crippen LogP contribution in [0.15, 0.2) is 67.0 Å². The molecule has 0 radical (unpaired) electrons. The largest absolute Gasteiger partial charge is 0.390 e. The third kappa shape index (κ3) is 5.73. The first-order valence-electron chi connectivity index (χ1n) is 11.0. The standard InChI is InChI=1S/C27H28N4O2/c1-19-24(15-16-27(2,3)33)30-25-14-13-23(18-31(19)25)29-26(32)21-10-7-20(8-11-21)9-12-22-6-4-5-17-28-22/h4-14,17-18,33H,15-16H2,1-3H3,(H,29,32). The van der Waals surface area contributed by atoms with Gasteiger partial charge in [-0.2, -0.15) is 0 Å². The Kier molecular flexibility index (Phi) is 6.38. The van der Waals surface area contributed by atoms with E-state index in [1.165, 1.54) is 0 Å². The van der Waals surface area contributed by atoms with Gasteiger partial charge in [-0.25, -0.2) is 4.98 Å². The number of nitrogens with one attached hydrogen (secondary N) is 1. The number of carbonyl (C=O) groups excluding carboxylic acids is 1. The van der Waals surface area contributed by atoms with Crippen LogP contribution in [0.1, 0.15) is 53.3 Å². The fraction of sp³-hybridized carbons (Fsp3) is 0.222. The monoisotopic (exact) mass is 440 g/mol. The van der Waals surface area contributed by atoms with Crippen LogP contribution in [0.4, 0.5) is 5.69 Å². The van der Waals surface area contributed by atoms with E-state index >= 15 is 0 Å². The summed E-state index contributed by atoms with van der Waals surface area (Å²) in [5, 5.41) is 13.0. The molecule has 2 N–H and O–H groups in total. The predicted octanol–water partition coefficient (Wildman–Crippen LogP) is 5.16. The number of hydrogen-bond acceptors (Lipinski definition) is 4. The lowest BCUT2D eigenvalue weighted by Crippen LogP contribution is -2.19. The fourth-order valence-electron chi connectivity index (χ4n) is 3.55. The number of fused-ring (bicyclic) bond motifs is 1. The molecule has 33 heavy (non-hydrogen) atoms. The van der Waals surface area contributed by atoms with Gasteiger partial charge >= 0.3 is 0 Å². The number of rotatable bonds is 7. The number of anilines is 1. The molecule has 0 unspecified atom stereocenters. The van der Waals surface area contributed by atoms with E-state index in [2.05, 4.69) is 15.3 Å². The minimum absolute atomic E-state index is 0.172. The van der Waals surface area contributed by atoms with E-state index in [9.17, 15) is 9.90 Å². The Hall–Kier alpha value is -3.77. The second kappa shape index (κ2) is 9.38. The zero-order valence-electron chi connectivity index (χ0n) is 19.1. The van der Waals surface area contributed by atoms with Crippen molar-refractivity contribution in [1.29, 1.82) is 0 Å². The summed E-state index contributed by atoms with van der Waals surface area (Å²) in [5.41, 5.74) is 5.20. The minimum atomic E-state index is -0.731. The van der Waals surface area contributed by atoms with Crippen LogP contribution in [0.2, 0.25) is 0 Å². The molecule has 0 aliphatic heterocycles. The number of aromatic nitrogens is 3. The summed E-state index contributed by atoms with van der Waals surface area (Å²) in [4.78, 5) is 21.7. The number of aliphatic hydroxyl groups is 1. The van der Waals surface area contributed by atoms with E-state index in [-0.39, 0.29) is 5.91 Å². The van der Waals surface area contributed by atoms with Crippen molar-refractivity contribution in [3.63, 3.8) is 0 Å². The van der Waals surface area contributed by atoms with E-state index in [1.807, 2.05) is 84.3 Å². The number of nitrogens with zero attached hydrogens (tertiary/aromatic N) is 3. The molecule has 0 spiro atoms. The summed E-state index contributed by atoms with van der Waals surface area (Å²) < 4.78 is 1.97. The highest BCUT2D eigenvalue weighted by Gasteiger charge is 2.16. The highest BCUT2D eigenvalue weighted by Crippen LogP contribution is 2.20. The first-order chi connectivity index (χ1) is 15.8. The molecule has 4 rings (SSSR count). The number of aryl methyl sites for hydroxylation is 2. The Balaban J connectivity index is 1.45. The molecule has 6 nitrogen and oxygen atoms in total. The van der Waals surface area contributed by atoms with E-state index in [0.717, 1.165) is 28.3 Å². The van der Waals surface area contributed by atoms with Gasteiger partial charge in [-0.1, -0.05) is 24.3 Å². The van der Waals surface area contributed by atoms with Gasteiger partial charge in [-0.05, 0) is 81.7 Å². The highest BCUT2D eigenvalue weighted by atomic mass is 16.3. The van der Waals surface area contributed by atoms with Gasteiger partial charge in [0.15, 0.2) is 0 Å². The molecule has 0 fully saturated rings. The van der Waals surface area contributed by atoms with Crippen molar-refractivity contribution in [3.8, 4) is 0 Å². The fourth-order valence-corrected chi connectivity index (χ4v) is 3.55. The average Bonchev–Trinajstić information content (AvgIpc) is 3.12. The normalized spacial score (nSPS) is 11.9. The quantitative estimate of drug-likeness (QED) is 0.416. The van der Waals surface area contributed by atoms with Crippen LogP contribution >= 0.6 is 0 Å². The molecule has 4 aromatic rings. The summed E-state index contributed by atoms with van der Waals surface area (Å²) in [7, 11) is 0. The van der Waals surface area contributed by atoms with Crippen LogP contribution in [0, 0.1) is 6.92 Å². The third-order valence-corrected chi connectivity index (χ3v) is 5.49. The van der Waals surface area contributed by atoms with Crippen molar-refractivity contribution >= 4 is 29.4 Å². The third-order valence-electron chi connectivity index (χ3n) is 5.49. The SMILES string of the molecule is Cc1c(CCC(C)(C)O)nc2ccc(NC(=O)c3ccc(C=Cc4ccccn4)cc3)cn12. The van der Waals surface area contributed by atoms with Crippen molar-refractivity contribution < 1.29 is 9.90 Å². The van der Waals surface area contributed by atoms with Crippen molar-refractivity contribution in [3.05, 3.63) is 95.2 Å². The summed E-state index contributed by atoms with van der Waals surface area (Å²) >= 11 is 0. The number of pyridine rings is 2. The number of imidazole rings is 1. The molecule has 1 aromatic carbocycles. The zero-order valence-corrected chi connectivity index (χ0v) is 19.1. The van der Waals surface area contributed by atoms with Gasteiger partial charge in [0.2, 0.25) is 0 Å². The maximum Gasteiger partial charge on any atom is 0.255 e. The van der Waals surface area contributed by atoms with E-state index in [0.29, 0.717) is 24.1 Å². The molecule has 6 heteroatoms. The molecule has 0 bridgehead atoms. The second-order valence-corrected chi connectivity index (χ2v) is 8.77. The summed E-state index contributed by atoms with van der Waals surface area (Å²) in [5.74, 6) is -0.172. The first-order valence-corrected chi connectivity index (χ1v) is 11.0. The minimum Gasteiger partial charge on any atom is -0.390 e. The van der Waals surface area contributed by atoms with Crippen LogP contribution in [-0.2, 0) is 6.42 Å². The summed E-state index contributed by atoms with van der Waals surface area (Å²) in [6, 6.07) is 16.9. The van der Waals surface area contributed by atoms with Gasteiger partial charge in [0.1, 0.15) is 5.65 Å². The number of carbonyl (C=O) groups is 1. The summed E-state index contributed by atoms with van der Waals surface area (Å²) in [6.07, 6.45) is 8.87. The summed E-state index contributed by atoms with van der Waals surface area (Å²) in [6.45, 7) is 5.60. The van der Waals surface area contributed by atoms with Gasteiger partial charge in [0, 0.05) is 23.7 Å². The van der Waals surface area contributed by atoms with Gasteiger partial charge in [-0.15, -0.1) is 0 Å². The Morgan fingerprint density at radius 1 is 1.09 bits per heavy atom. The zero-order chi connectivity index (χ0) is 23.4. The lowest BCUT2D eigenvalue weighted by atomic mass is 10.0. The topological polar surface area (TPSA) is 79.5 Å². The maximum atomic E-state index is 12.8. The van der Waals surface area contributed by atoms with Crippen molar-refractivity contribution in [2.24, 2.45) is 0 Å². The van der Waals surface area contributed by atoms with Gasteiger partial charge in [-0.3, -0.25) is 9.78 Å². The Labute approximate surface area is 193 Å². The molecule has 0 aliphatic rings.